The van der Waals surface area contributed by atoms with Gasteiger partial charge in [0.15, 0.2) is 0 Å². The van der Waals surface area contributed by atoms with Gasteiger partial charge in [-0.1, -0.05) is 84.4 Å². The summed E-state index contributed by atoms with van der Waals surface area (Å²) in [5, 5.41) is 8.03. The van der Waals surface area contributed by atoms with E-state index in [0.717, 1.165) is 22.3 Å². The van der Waals surface area contributed by atoms with Crippen LogP contribution in [0.4, 0.5) is 10.2 Å². The van der Waals surface area contributed by atoms with E-state index < -0.39 is 0 Å². The third kappa shape index (κ3) is 5.93. The summed E-state index contributed by atoms with van der Waals surface area (Å²) < 4.78 is 20.8. The predicted octanol–water partition coefficient (Wildman–Crippen LogP) is 6.83. The van der Waals surface area contributed by atoms with E-state index >= 15 is 0 Å². The number of halogens is 2. The van der Waals surface area contributed by atoms with E-state index in [2.05, 4.69) is 5.32 Å². The highest BCUT2D eigenvalue weighted by Gasteiger charge is 2.38. The molecule has 5 aromatic rings. The molecule has 1 N–H and O–H groups in total. The maximum Gasteiger partial charge on any atom is 0.240 e. The molecule has 0 spiro atoms. The van der Waals surface area contributed by atoms with Crippen LogP contribution in [0.2, 0.25) is 5.02 Å². The van der Waals surface area contributed by atoms with Crippen molar-refractivity contribution in [2.24, 2.45) is 0 Å². The topological polar surface area (TPSA) is 76.5 Å². The zero-order valence-corrected chi connectivity index (χ0v) is 25.3. The summed E-state index contributed by atoms with van der Waals surface area (Å²) in [6.07, 6.45) is 0. The quantitative estimate of drug-likeness (QED) is 0.204. The normalized spacial score (nSPS) is 14.6. The maximum absolute atomic E-state index is 13.9. The zero-order valence-electron chi connectivity index (χ0n) is 23.7. The molecule has 0 saturated carbocycles. The summed E-state index contributed by atoms with van der Waals surface area (Å²) >= 11 is 8.18. The standard InChI is InChI=1S/C34H28ClFN4O3S/c1-43-28-14-8-5-11-25(28)33-31-32(23-9-3-2-4-10-23)38-40(27-13-7-6-12-26(27)35)34(31)39(30(42)21-44-33)20-29(41)37-19-22-15-17-24(36)18-16-22/h2-18,33H,19-21H2,1H3,(H,37,41). The van der Waals surface area contributed by atoms with Crippen LogP contribution in [0.25, 0.3) is 16.9 Å². The number of nitrogens with zero attached hydrogens (tertiary/aromatic N) is 3. The number of carbonyl (C=O) groups excluding carboxylic acids is 2. The molecule has 0 fully saturated rings. The number of para-hydroxylation sites is 2. The number of rotatable bonds is 8. The molecule has 4 aromatic carbocycles. The number of methoxy groups -OCH3 is 1. The average molecular weight is 627 g/mol. The van der Waals surface area contributed by atoms with Gasteiger partial charge in [0.2, 0.25) is 11.8 Å². The van der Waals surface area contributed by atoms with Gasteiger partial charge in [-0.3, -0.25) is 14.5 Å². The smallest absolute Gasteiger partial charge is 0.240 e. The fourth-order valence-electron chi connectivity index (χ4n) is 5.25. The van der Waals surface area contributed by atoms with Crippen molar-refractivity contribution in [1.82, 2.24) is 15.1 Å². The number of thioether (sulfide) groups is 1. The number of hydrogen-bond donors (Lipinski definition) is 1. The molecule has 44 heavy (non-hydrogen) atoms. The van der Waals surface area contributed by atoms with Gasteiger partial charge >= 0.3 is 0 Å². The SMILES string of the molecule is COc1ccccc1C1SCC(=O)N(CC(=O)NCc2ccc(F)cc2)c2c1c(-c1ccccc1)nn2-c1ccccc1Cl. The number of benzene rings is 4. The highest BCUT2D eigenvalue weighted by atomic mass is 35.5. The number of ether oxygens (including phenoxy) is 1. The van der Waals surface area contributed by atoms with Crippen molar-refractivity contribution >= 4 is 41.0 Å². The fraction of sp³-hybridized carbons (Fsp3) is 0.147. The first kappa shape index (κ1) is 29.5. The molecule has 1 unspecified atom stereocenters. The second kappa shape index (κ2) is 13.0. The Bertz CT molecular complexity index is 1810. The van der Waals surface area contributed by atoms with E-state index in [4.69, 9.17) is 21.4 Å². The Kier molecular flexibility index (Phi) is 8.67. The molecule has 1 aromatic heterocycles. The molecule has 6 rings (SSSR count). The zero-order chi connectivity index (χ0) is 30.6. The summed E-state index contributed by atoms with van der Waals surface area (Å²) in [5.41, 5.74) is 4.47. The molecule has 10 heteroatoms. The minimum atomic E-state index is -0.373. The predicted molar refractivity (Wildman–Crippen MR) is 172 cm³/mol. The van der Waals surface area contributed by atoms with E-state index in [1.165, 1.54) is 28.8 Å². The van der Waals surface area contributed by atoms with Gasteiger partial charge < -0.3 is 10.1 Å². The van der Waals surface area contributed by atoms with Crippen molar-refractivity contribution in [2.45, 2.75) is 11.8 Å². The Hall–Kier alpha value is -4.60. The van der Waals surface area contributed by atoms with Crippen LogP contribution in [0.5, 0.6) is 5.75 Å². The first-order chi connectivity index (χ1) is 21.4. The molecule has 1 aliphatic rings. The highest BCUT2D eigenvalue weighted by molar-refractivity contribution is 8.00. The third-order valence-corrected chi connectivity index (χ3v) is 8.90. The Labute approximate surface area is 263 Å². The van der Waals surface area contributed by atoms with Crippen LogP contribution >= 0.6 is 23.4 Å². The number of hydrogen-bond acceptors (Lipinski definition) is 5. The largest absolute Gasteiger partial charge is 0.496 e. The van der Waals surface area contributed by atoms with Crippen LogP contribution in [0.15, 0.2) is 103 Å². The van der Waals surface area contributed by atoms with Crippen LogP contribution < -0.4 is 15.0 Å². The monoisotopic (exact) mass is 626 g/mol. The minimum absolute atomic E-state index is 0.111. The number of nitrogens with one attached hydrogen (secondary N) is 1. The van der Waals surface area contributed by atoms with E-state index in [1.54, 1.807) is 30.0 Å². The first-order valence-electron chi connectivity index (χ1n) is 13.9. The summed E-state index contributed by atoms with van der Waals surface area (Å²) in [7, 11) is 1.62. The van der Waals surface area contributed by atoms with Crippen molar-refractivity contribution in [3.05, 3.63) is 131 Å². The number of anilines is 1. The van der Waals surface area contributed by atoms with Crippen LogP contribution in [0.3, 0.4) is 0 Å². The average Bonchev–Trinajstić information content (AvgIpc) is 3.37. The lowest BCUT2D eigenvalue weighted by atomic mass is 9.99. The number of aromatic nitrogens is 2. The Balaban J connectivity index is 1.52. The molecule has 2 amide bonds. The van der Waals surface area contributed by atoms with Gasteiger partial charge in [-0.2, -0.15) is 5.10 Å². The van der Waals surface area contributed by atoms with E-state index in [0.29, 0.717) is 28.0 Å². The van der Waals surface area contributed by atoms with Crippen molar-refractivity contribution < 1.29 is 18.7 Å². The summed E-state index contributed by atoms with van der Waals surface area (Å²) in [6, 6.07) is 30.6. The lowest BCUT2D eigenvalue weighted by Crippen LogP contribution is -2.42. The van der Waals surface area contributed by atoms with Crippen LogP contribution in [-0.4, -0.2) is 41.0 Å². The first-order valence-corrected chi connectivity index (χ1v) is 15.4. The Morgan fingerprint density at radius 3 is 2.45 bits per heavy atom. The number of fused-ring (bicyclic) bond motifs is 1. The second-order valence-electron chi connectivity index (χ2n) is 10.1. The summed E-state index contributed by atoms with van der Waals surface area (Å²) in [4.78, 5) is 28.8. The van der Waals surface area contributed by atoms with E-state index in [1.807, 2.05) is 72.8 Å². The van der Waals surface area contributed by atoms with E-state index in [9.17, 15) is 14.0 Å². The highest BCUT2D eigenvalue weighted by Crippen LogP contribution is 2.50. The van der Waals surface area contributed by atoms with Gasteiger partial charge in [-0.25, -0.2) is 9.07 Å². The molecule has 0 aliphatic carbocycles. The van der Waals surface area contributed by atoms with Gasteiger partial charge in [0.1, 0.15) is 23.9 Å². The van der Waals surface area contributed by atoms with Crippen LogP contribution in [0.1, 0.15) is 21.9 Å². The van der Waals surface area contributed by atoms with Gasteiger partial charge in [-0.05, 0) is 35.9 Å². The molecular weight excluding hydrogens is 599 g/mol. The second-order valence-corrected chi connectivity index (χ2v) is 11.6. The van der Waals surface area contributed by atoms with Gasteiger partial charge in [0.05, 0.1) is 34.5 Å². The molecule has 1 aliphatic heterocycles. The number of amides is 2. The summed E-state index contributed by atoms with van der Waals surface area (Å²) in [6.45, 7) is -0.0672. The fourth-order valence-corrected chi connectivity index (χ4v) is 6.69. The van der Waals surface area contributed by atoms with E-state index in [-0.39, 0.29) is 41.7 Å². The third-order valence-electron chi connectivity index (χ3n) is 7.34. The van der Waals surface area contributed by atoms with Crippen molar-refractivity contribution in [3.8, 4) is 22.7 Å². The van der Waals surface area contributed by atoms with Crippen LogP contribution in [0, 0.1) is 5.82 Å². The Morgan fingerprint density at radius 1 is 1.00 bits per heavy atom. The molecule has 0 saturated heterocycles. The molecule has 1 atom stereocenters. The maximum atomic E-state index is 13.9. The van der Waals surface area contributed by atoms with Crippen molar-refractivity contribution in [3.63, 3.8) is 0 Å². The lowest BCUT2D eigenvalue weighted by molar-refractivity contribution is -0.123. The van der Waals surface area contributed by atoms with Crippen molar-refractivity contribution in [1.29, 1.82) is 0 Å². The van der Waals surface area contributed by atoms with Gasteiger partial charge in [-0.15, -0.1) is 11.8 Å². The molecule has 7 nitrogen and oxygen atoms in total. The Morgan fingerprint density at radius 2 is 1.70 bits per heavy atom. The molecular formula is C34H28ClFN4O3S. The van der Waals surface area contributed by atoms with Crippen LogP contribution in [-0.2, 0) is 16.1 Å². The molecule has 222 valence electrons. The lowest BCUT2D eigenvalue weighted by Gasteiger charge is -2.24. The van der Waals surface area contributed by atoms with Gasteiger partial charge in [0, 0.05) is 23.2 Å². The molecule has 0 radical (unpaired) electrons. The summed E-state index contributed by atoms with van der Waals surface area (Å²) in [5.74, 6) is 0.269. The number of carbonyl (C=O) groups is 2. The molecule has 2 heterocycles. The van der Waals surface area contributed by atoms with Gasteiger partial charge in [0.25, 0.3) is 0 Å². The van der Waals surface area contributed by atoms with Crippen molar-refractivity contribution in [2.75, 3.05) is 24.3 Å². The minimum Gasteiger partial charge on any atom is -0.496 e. The molecule has 0 bridgehead atoms.